The number of nitrogens with zero attached hydrogens (tertiary/aromatic N) is 1. The van der Waals surface area contributed by atoms with E-state index in [-0.39, 0.29) is 18.2 Å². The van der Waals surface area contributed by atoms with Crippen LogP contribution in [0.4, 0.5) is 0 Å². The summed E-state index contributed by atoms with van der Waals surface area (Å²) in [6, 6.07) is 6.34. The van der Waals surface area contributed by atoms with Crippen molar-refractivity contribution in [2.24, 2.45) is 5.92 Å². The Morgan fingerprint density at radius 2 is 2.00 bits per heavy atom. The summed E-state index contributed by atoms with van der Waals surface area (Å²) in [4.78, 5) is 25.4. The van der Waals surface area contributed by atoms with E-state index in [0.717, 1.165) is 5.75 Å². The van der Waals surface area contributed by atoms with Crippen molar-refractivity contribution >= 4 is 23.6 Å². The van der Waals surface area contributed by atoms with E-state index in [2.05, 4.69) is 32.0 Å². The minimum atomic E-state index is -0.780. The number of carboxylic acid groups (broad SMARTS) is 1. The number of benzene rings is 1. The predicted molar refractivity (Wildman–Crippen MR) is 83.6 cm³/mol. The van der Waals surface area contributed by atoms with Gasteiger partial charge in [0.15, 0.2) is 0 Å². The monoisotopic (exact) mass is 307 g/mol. The number of thioether (sulfide) groups is 1. The number of aryl methyl sites for hydroxylation is 2. The molecular weight excluding hydrogens is 286 g/mol. The first-order valence-electron chi connectivity index (χ1n) is 7.15. The number of amides is 1. The molecular formula is C16H21NO3S. The van der Waals surface area contributed by atoms with Crippen LogP contribution in [0.3, 0.4) is 0 Å². The molecule has 0 saturated carbocycles. The Morgan fingerprint density at radius 1 is 1.29 bits per heavy atom. The van der Waals surface area contributed by atoms with Gasteiger partial charge in [0, 0.05) is 36.1 Å². The molecule has 1 amide bonds. The summed E-state index contributed by atoms with van der Waals surface area (Å²) < 4.78 is 0. The molecule has 1 aliphatic rings. The Morgan fingerprint density at radius 3 is 2.62 bits per heavy atom. The number of hydrogen-bond acceptors (Lipinski definition) is 3. The van der Waals surface area contributed by atoms with E-state index in [1.54, 1.807) is 16.7 Å². The Bertz CT molecular complexity index is 538. The first kappa shape index (κ1) is 15.9. The van der Waals surface area contributed by atoms with Gasteiger partial charge in [-0.1, -0.05) is 6.07 Å². The fourth-order valence-corrected chi connectivity index (χ4v) is 3.30. The van der Waals surface area contributed by atoms with E-state index in [1.807, 2.05) is 0 Å². The highest BCUT2D eigenvalue weighted by Crippen LogP contribution is 2.24. The van der Waals surface area contributed by atoms with Gasteiger partial charge in [-0.3, -0.25) is 9.59 Å². The Hall–Kier alpha value is -1.49. The van der Waals surface area contributed by atoms with Crippen molar-refractivity contribution in [3.8, 4) is 0 Å². The van der Waals surface area contributed by atoms with Gasteiger partial charge in [0.1, 0.15) is 0 Å². The molecule has 0 radical (unpaired) electrons. The van der Waals surface area contributed by atoms with Crippen LogP contribution < -0.4 is 0 Å². The van der Waals surface area contributed by atoms with Gasteiger partial charge in [-0.25, -0.2) is 0 Å². The summed E-state index contributed by atoms with van der Waals surface area (Å²) in [6.45, 7) is 5.37. The fourth-order valence-electron chi connectivity index (χ4n) is 2.37. The maximum atomic E-state index is 11.9. The summed E-state index contributed by atoms with van der Waals surface area (Å²) in [5.74, 6) is 0.255. The molecule has 1 saturated heterocycles. The molecule has 5 heteroatoms. The number of aliphatic carboxylic acids is 1. The average molecular weight is 307 g/mol. The van der Waals surface area contributed by atoms with Crippen LogP contribution in [0.2, 0.25) is 0 Å². The molecule has 4 nitrogen and oxygen atoms in total. The third kappa shape index (κ3) is 4.49. The lowest BCUT2D eigenvalue weighted by Gasteiger charge is -2.38. The van der Waals surface area contributed by atoms with Crippen LogP contribution >= 0.6 is 11.8 Å². The normalized spacial score (nSPS) is 14.9. The summed E-state index contributed by atoms with van der Waals surface area (Å²) >= 11 is 1.69. The molecule has 1 heterocycles. The second-order valence-electron chi connectivity index (χ2n) is 5.61. The topological polar surface area (TPSA) is 57.6 Å². The lowest BCUT2D eigenvalue weighted by Crippen LogP contribution is -2.50. The molecule has 114 valence electrons. The van der Waals surface area contributed by atoms with Crippen molar-refractivity contribution in [1.29, 1.82) is 0 Å². The van der Waals surface area contributed by atoms with Crippen molar-refractivity contribution in [1.82, 2.24) is 4.90 Å². The van der Waals surface area contributed by atoms with E-state index in [9.17, 15) is 9.59 Å². The summed E-state index contributed by atoms with van der Waals surface area (Å²) in [5, 5.41) is 8.68. The SMILES string of the molecule is Cc1ccc(SCCC(=O)N2CC(CC(=O)O)C2)cc1C. The number of likely N-dealkylation sites (tertiary alicyclic amines) is 1. The van der Waals surface area contributed by atoms with Crippen LogP contribution in [0.25, 0.3) is 0 Å². The summed E-state index contributed by atoms with van der Waals surface area (Å²) in [6.07, 6.45) is 0.679. The molecule has 1 aromatic carbocycles. The van der Waals surface area contributed by atoms with E-state index in [1.165, 1.54) is 16.0 Å². The predicted octanol–water partition coefficient (Wildman–Crippen LogP) is 2.72. The molecule has 0 unspecified atom stereocenters. The zero-order chi connectivity index (χ0) is 15.4. The standard InChI is InChI=1S/C16H21NO3S/c1-11-3-4-14(7-12(11)2)21-6-5-15(18)17-9-13(10-17)8-16(19)20/h3-4,7,13H,5-6,8-10H2,1-2H3,(H,19,20). The second kappa shape index (κ2) is 6.98. The molecule has 0 bridgehead atoms. The highest BCUT2D eigenvalue weighted by atomic mass is 32.2. The van der Waals surface area contributed by atoms with Crippen molar-refractivity contribution in [3.05, 3.63) is 29.3 Å². The maximum Gasteiger partial charge on any atom is 0.303 e. The van der Waals surface area contributed by atoms with Crippen LogP contribution in [-0.2, 0) is 9.59 Å². The number of carboxylic acids is 1. The second-order valence-corrected chi connectivity index (χ2v) is 6.78. The van der Waals surface area contributed by atoms with Gasteiger partial charge < -0.3 is 10.0 Å². The highest BCUT2D eigenvalue weighted by molar-refractivity contribution is 7.99. The van der Waals surface area contributed by atoms with Gasteiger partial charge >= 0.3 is 5.97 Å². The summed E-state index contributed by atoms with van der Waals surface area (Å²) in [7, 11) is 0. The van der Waals surface area contributed by atoms with E-state index >= 15 is 0 Å². The molecule has 1 aliphatic heterocycles. The Kier molecular flexibility index (Phi) is 5.28. The van der Waals surface area contributed by atoms with Gasteiger partial charge in [0.2, 0.25) is 5.91 Å². The molecule has 1 aromatic rings. The fraction of sp³-hybridized carbons (Fsp3) is 0.500. The first-order chi connectivity index (χ1) is 9.95. The largest absolute Gasteiger partial charge is 0.481 e. The molecule has 1 fully saturated rings. The number of carbonyl (C=O) groups is 2. The number of hydrogen-bond donors (Lipinski definition) is 1. The third-order valence-corrected chi connectivity index (χ3v) is 4.83. The Balaban J connectivity index is 1.68. The van der Waals surface area contributed by atoms with E-state index in [4.69, 9.17) is 5.11 Å². The van der Waals surface area contributed by atoms with Crippen LogP contribution in [-0.4, -0.2) is 40.7 Å². The maximum absolute atomic E-state index is 11.9. The first-order valence-corrected chi connectivity index (χ1v) is 8.14. The van der Waals surface area contributed by atoms with Crippen molar-refractivity contribution < 1.29 is 14.7 Å². The molecule has 1 N–H and O–H groups in total. The Labute approximate surface area is 129 Å². The molecule has 2 rings (SSSR count). The molecule has 0 aromatic heterocycles. The van der Waals surface area contributed by atoms with Crippen LogP contribution in [0, 0.1) is 19.8 Å². The molecule has 0 aliphatic carbocycles. The quantitative estimate of drug-likeness (QED) is 0.821. The van der Waals surface area contributed by atoms with Gasteiger partial charge in [0.05, 0.1) is 6.42 Å². The zero-order valence-electron chi connectivity index (χ0n) is 12.5. The molecule has 0 spiro atoms. The molecule has 0 atom stereocenters. The lowest BCUT2D eigenvalue weighted by atomic mass is 9.96. The summed E-state index contributed by atoms with van der Waals surface area (Å²) in [5.41, 5.74) is 2.55. The molecule has 21 heavy (non-hydrogen) atoms. The number of rotatable bonds is 6. The number of carbonyl (C=O) groups excluding carboxylic acids is 1. The van der Waals surface area contributed by atoms with Gasteiger partial charge in [-0.15, -0.1) is 11.8 Å². The van der Waals surface area contributed by atoms with Gasteiger partial charge in [-0.2, -0.15) is 0 Å². The average Bonchev–Trinajstić information content (AvgIpc) is 2.37. The highest BCUT2D eigenvalue weighted by Gasteiger charge is 2.31. The van der Waals surface area contributed by atoms with Crippen molar-refractivity contribution in [2.45, 2.75) is 31.6 Å². The van der Waals surface area contributed by atoms with Crippen molar-refractivity contribution in [2.75, 3.05) is 18.8 Å². The van der Waals surface area contributed by atoms with Gasteiger partial charge in [0.25, 0.3) is 0 Å². The van der Waals surface area contributed by atoms with E-state index in [0.29, 0.717) is 19.5 Å². The van der Waals surface area contributed by atoms with Crippen LogP contribution in [0.15, 0.2) is 23.1 Å². The third-order valence-electron chi connectivity index (χ3n) is 3.84. The smallest absolute Gasteiger partial charge is 0.303 e. The zero-order valence-corrected chi connectivity index (χ0v) is 13.3. The van der Waals surface area contributed by atoms with E-state index < -0.39 is 5.97 Å². The lowest BCUT2D eigenvalue weighted by molar-refractivity contribution is -0.144. The minimum Gasteiger partial charge on any atom is -0.481 e. The van der Waals surface area contributed by atoms with Crippen LogP contribution in [0.1, 0.15) is 24.0 Å². The van der Waals surface area contributed by atoms with Gasteiger partial charge in [-0.05, 0) is 37.1 Å². The van der Waals surface area contributed by atoms with Crippen LogP contribution in [0.5, 0.6) is 0 Å². The minimum absolute atomic E-state index is 0.132. The van der Waals surface area contributed by atoms with Crippen molar-refractivity contribution in [3.63, 3.8) is 0 Å².